The predicted molar refractivity (Wildman–Crippen MR) is 70.8 cm³/mol. The molecule has 1 saturated heterocycles. The van der Waals surface area contributed by atoms with E-state index in [2.05, 4.69) is 5.32 Å². The Balaban J connectivity index is 1.79. The quantitative estimate of drug-likeness (QED) is 0.923. The highest BCUT2D eigenvalue weighted by molar-refractivity contribution is 5.81. The molecule has 1 aromatic carbocycles. The Hall–Kier alpha value is -1.49. The van der Waals surface area contributed by atoms with Crippen LogP contribution in [0, 0.1) is 17.6 Å². The second-order valence-electron chi connectivity index (χ2n) is 5.65. The van der Waals surface area contributed by atoms with E-state index in [4.69, 9.17) is 0 Å². The van der Waals surface area contributed by atoms with E-state index in [9.17, 15) is 13.6 Å². The molecule has 20 heavy (non-hydrogen) atoms. The van der Waals surface area contributed by atoms with Gasteiger partial charge in [0.25, 0.3) is 0 Å². The standard InChI is InChI=1S/C15H18F2N2O/c16-12-6-5-11(7-13(12)17)15-18-8-14(20)19(15)9-10-3-1-2-4-10/h5-7,10,15,18H,1-4,8-9H2. The highest BCUT2D eigenvalue weighted by Gasteiger charge is 2.34. The number of hydrogen-bond acceptors (Lipinski definition) is 2. The summed E-state index contributed by atoms with van der Waals surface area (Å²) < 4.78 is 26.4. The minimum Gasteiger partial charge on any atom is -0.322 e. The molecule has 0 spiro atoms. The Morgan fingerprint density at radius 3 is 2.65 bits per heavy atom. The van der Waals surface area contributed by atoms with Gasteiger partial charge in [-0.25, -0.2) is 8.78 Å². The molecule has 3 nitrogen and oxygen atoms in total. The van der Waals surface area contributed by atoms with Gasteiger partial charge >= 0.3 is 0 Å². The number of amides is 1. The number of carbonyl (C=O) groups is 1. The maximum Gasteiger partial charge on any atom is 0.238 e. The first-order valence-corrected chi connectivity index (χ1v) is 7.13. The second kappa shape index (κ2) is 5.48. The third kappa shape index (κ3) is 2.54. The van der Waals surface area contributed by atoms with E-state index in [1.807, 2.05) is 0 Å². The molecule has 1 unspecified atom stereocenters. The van der Waals surface area contributed by atoms with Gasteiger partial charge in [0.1, 0.15) is 6.17 Å². The Bertz CT molecular complexity index is 515. The number of halogens is 2. The first-order valence-electron chi connectivity index (χ1n) is 7.13. The fourth-order valence-corrected chi connectivity index (χ4v) is 3.20. The van der Waals surface area contributed by atoms with E-state index < -0.39 is 11.6 Å². The van der Waals surface area contributed by atoms with Crippen LogP contribution in [0.3, 0.4) is 0 Å². The molecule has 2 fully saturated rings. The van der Waals surface area contributed by atoms with Gasteiger partial charge in [-0.1, -0.05) is 18.9 Å². The molecule has 3 rings (SSSR count). The van der Waals surface area contributed by atoms with Gasteiger partial charge in [-0.15, -0.1) is 0 Å². The van der Waals surface area contributed by atoms with Crippen molar-refractivity contribution in [3.63, 3.8) is 0 Å². The summed E-state index contributed by atoms with van der Waals surface area (Å²) >= 11 is 0. The van der Waals surface area contributed by atoms with Crippen molar-refractivity contribution in [1.82, 2.24) is 10.2 Å². The fraction of sp³-hybridized carbons (Fsp3) is 0.533. The van der Waals surface area contributed by atoms with Gasteiger partial charge in [-0.2, -0.15) is 0 Å². The van der Waals surface area contributed by atoms with Crippen LogP contribution >= 0.6 is 0 Å². The van der Waals surface area contributed by atoms with E-state index in [0.29, 0.717) is 18.0 Å². The third-order valence-electron chi connectivity index (χ3n) is 4.27. The lowest BCUT2D eigenvalue weighted by atomic mass is 10.1. The monoisotopic (exact) mass is 280 g/mol. The third-order valence-corrected chi connectivity index (χ3v) is 4.27. The maximum absolute atomic E-state index is 13.4. The van der Waals surface area contributed by atoms with Crippen LogP contribution in [0.15, 0.2) is 18.2 Å². The smallest absolute Gasteiger partial charge is 0.238 e. The SMILES string of the molecule is O=C1CNC(c2ccc(F)c(F)c2)N1CC1CCCC1. The van der Waals surface area contributed by atoms with Crippen molar-refractivity contribution in [1.29, 1.82) is 0 Å². The Morgan fingerprint density at radius 2 is 1.95 bits per heavy atom. The lowest BCUT2D eigenvalue weighted by molar-refractivity contribution is -0.128. The zero-order valence-corrected chi connectivity index (χ0v) is 11.2. The molecule has 1 aliphatic heterocycles. The maximum atomic E-state index is 13.4. The van der Waals surface area contributed by atoms with Crippen molar-refractivity contribution in [3.05, 3.63) is 35.4 Å². The largest absolute Gasteiger partial charge is 0.322 e. The first-order chi connectivity index (χ1) is 9.65. The average Bonchev–Trinajstić information content (AvgIpc) is 3.05. The van der Waals surface area contributed by atoms with Crippen molar-refractivity contribution >= 4 is 5.91 Å². The summed E-state index contributed by atoms with van der Waals surface area (Å²) in [7, 11) is 0. The van der Waals surface area contributed by atoms with E-state index in [-0.39, 0.29) is 18.6 Å². The highest BCUT2D eigenvalue weighted by Crippen LogP contribution is 2.30. The molecule has 1 aliphatic carbocycles. The summed E-state index contributed by atoms with van der Waals surface area (Å²) in [5.41, 5.74) is 0.604. The molecule has 5 heteroatoms. The summed E-state index contributed by atoms with van der Waals surface area (Å²) in [4.78, 5) is 13.8. The molecule has 1 saturated carbocycles. The normalized spacial score (nSPS) is 23.8. The first kappa shape index (κ1) is 13.5. The number of nitrogens with zero attached hydrogens (tertiary/aromatic N) is 1. The summed E-state index contributed by atoms with van der Waals surface area (Å²) in [6.07, 6.45) is 4.40. The molecule has 1 amide bonds. The van der Waals surface area contributed by atoms with Crippen LogP contribution in [0.25, 0.3) is 0 Å². The van der Waals surface area contributed by atoms with Crippen LogP contribution in [0.1, 0.15) is 37.4 Å². The van der Waals surface area contributed by atoms with E-state index in [1.165, 1.54) is 25.0 Å². The summed E-state index contributed by atoms with van der Waals surface area (Å²) in [5, 5.41) is 3.08. The number of benzene rings is 1. The molecule has 0 bridgehead atoms. The van der Waals surface area contributed by atoms with Gasteiger partial charge in [-0.3, -0.25) is 10.1 Å². The molecule has 0 aromatic heterocycles. The van der Waals surface area contributed by atoms with Gasteiger partial charge in [0.05, 0.1) is 6.54 Å². The predicted octanol–water partition coefficient (Wildman–Crippen LogP) is 2.59. The van der Waals surface area contributed by atoms with Crippen LogP contribution in [0.2, 0.25) is 0 Å². The topological polar surface area (TPSA) is 32.3 Å². The van der Waals surface area contributed by atoms with Crippen molar-refractivity contribution in [2.45, 2.75) is 31.8 Å². The second-order valence-corrected chi connectivity index (χ2v) is 5.65. The van der Waals surface area contributed by atoms with Gasteiger partial charge in [-0.05, 0) is 36.5 Å². The zero-order chi connectivity index (χ0) is 14.1. The van der Waals surface area contributed by atoms with Gasteiger partial charge in [0.2, 0.25) is 5.91 Å². The minimum absolute atomic E-state index is 0.0339. The lowest BCUT2D eigenvalue weighted by Crippen LogP contribution is -2.34. The highest BCUT2D eigenvalue weighted by atomic mass is 19.2. The van der Waals surface area contributed by atoms with Crippen molar-refractivity contribution in [2.24, 2.45) is 5.92 Å². The van der Waals surface area contributed by atoms with E-state index in [0.717, 1.165) is 18.9 Å². The molecule has 1 aromatic rings. The number of nitrogens with one attached hydrogen (secondary N) is 1. The lowest BCUT2D eigenvalue weighted by Gasteiger charge is -2.27. The van der Waals surface area contributed by atoms with Crippen LogP contribution in [-0.2, 0) is 4.79 Å². The Morgan fingerprint density at radius 1 is 1.20 bits per heavy atom. The molecule has 1 heterocycles. The molecule has 1 atom stereocenters. The van der Waals surface area contributed by atoms with Crippen molar-refractivity contribution in [3.8, 4) is 0 Å². The van der Waals surface area contributed by atoms with Gasteiger partial charge in [0.15, 0.2) is 11.6 Å². The summed E-state index contributed by atoms with van der Waals surface area (Å²) in [6, 6.07) is 3.83. The molecule has 1 N–H and O–H groups in total. The van der Waals surface area contributed by atoms with Crippen LogP contribution in [-0.4, -0.2) is 23.9 Å². The van der Waals surface area contributed by atoms with E-state index in [1.54, 1.807) is 4.90 Å². The van der Waals surface area contributed by atoms with Crippen molar-refractivity contribution in [2.75, 3.05) is 13.1 Å². The fourth-order valence-electron chi connectivity index (χ4n) is 3.20. The van der Waals surface area contributed by atoms with Crippen LogP contribution < -0.4 is 5.32 Å². The zero-order valence-electron chi connectivity index (χ0n) is 11.2. The van der Waals surface area contributed by atoms with Gasteiger partial charge in [0, 0.05) is 6.54 Å². The minimum atomic E-state index is -0.871. The molecule has 108 valence electrons. The molecular formula is C15H18F2N2O. The van der Waals surface area contributed by atoms with Crippen LogP contribution in [0.5, 0.6) is 0 Å². The van der Waals surface area contributed by atoms with Gasteiger partial charge < -0.3 is 4.90 Å². The summed E-state index contributed by atoms with van der Waals surface area (Å²) in [5.74, 6) is -1.16. The Kier molecular flexibility index (Phi) is 3.70. The van der Waals surface area contributed by atoms with E-state index >= 15 is 0 Å². The number of hydrogen-bond donors (Lipinski definition) is 1. The van der Waals surface area contributed by atoms with Crippen molar-refractivity contribution < 1.29 is 13.6 Å². The molecule has 0 radical (unpaired) electrons. The Labute approximate surface area is 117 Å². The average molecular weight is 280 g/mol. The number of carbonyl (C=O) groups excluding carboxylic acids is 1. The number of rotatable bonds is 3. The molecule has 2 aliphatic rings. The molecular weight excluding hydrogens is 262 g/mol. The van der Waals surface area contributed by atoms with Crippen LogP contribution in [0.4, 0.5) is 8.78 Å². The summed E-state index contributed by atoms with van der Waals surface area (Å²) in [6.45, 7) is 0.964.